The molecule has 1 N–H and O–H groups in total. The molecule has 1 aliphatic heterocycles. The summed E-state index contributed by atoms with van der Waals surface area (Å²) >= 11 is 0. The summed E-state index contributed by atoms with van der Waals surface area (Å²) < 4.78 is 5.26. The fourth-order valence-electron chi connectivity index (χ4n) is 2.47. The molecule has 1 rings (SSSR count). The van der Waals surface area contributed by atoms with Gasteiger partial charge in [0.1, 0.15) is 5.92 Å². The number of carbonyl (C=O) groups excluding carboxylic acids is 1. The summed E-state index contributed by atoms with van der Waals surface area (Å²) in [5, 5.41) is 9.18. The van der Waals surface area contributed by atoms with Crippen LogP contribution < -0.4 is 0 Å². The van der Waals surface area contributed by atoms with Gasteiger partial charge in [-0.25, -0.2) is 0 Å². The molecule has 1 amide bonds. The van der Waals surface area contributed by atoms with Crippen LogP contribution in [0, 0.1) is 5.92 Å². The summed E-state index contributed by atoms with van der Waals surface area (Å²) in [5.74, 6) is -1.39. The number of ether oxygens (including phenoxy) is 1. The minimum atomic E-state index is -0.870. The molecule has 0 aromatic carbocycles. The molecular formula is C14H25NO4. The van der Waals surface area contributed by atoms with E-state index in [0.29, 0.717) is 19.6 Å². The van der Waals surface area contributed by atoms with Gasteiger partial charge in [0.2, 0.25) is 5.91 Å². The minimum Gasteiger partial charge on any atom is -0.481 e. The van der Waals surface area contributed by atoms with E-state index in [0.717, 1.165) is 25.7 Å². The lowest BCUT2D eigenvalue weighted by Gasteiger charge is -2.30. The third kappa shape index (κ3) is 4.49. The van der Waals surface area contributed by atoms with Gasteiger partial charge < -0.3 is 14.7 Å². The summed E-state index contributed by atoms with van der Waals surface area (Å²) in [6.07, 6.45) is 4.33. The number of carboxylic acids is 1. The first-order valence-corrected chi connectivity index (χ1v) is 7.21. The molecule has 1 heterocycles. The van der Waals surface area contributed by atoms with E-state index in [2.05, 4.69) is 6.92 Å². The standard InChI is InChI=1S/C14H25NO4/c1-3-5-6-7-13(16)15(8-4-2)12-10-19-9-11(12)14(17)18/h11-12H,3-10H2,1-2H3,(H,17,18). The summed E-state index contributed by atoms with van der Waals surface area (Å²) in [7, 11) is 0. The Morgan fingerprint density at radius 1 is 1.21 bits per heavy atom. The zero-order chi connectivity index (χ0) is 14.3. The second-order valence-corrected chi connectivity index (χ2v) is 5.09. The SMILES string of the molecule is CCCCCC(=O)N(CCC)C1COCC1C(=O)O. The van der Waals surface area contributed by atoms with Gasteiger partial charge in [-0.2, -0.15) is 0 Å². The predicted molar refractivity (Wildman–Crippen MR) is 71.9 cm³/mol. The molecule has 0 aliphatic carbocycles. The van der Waals surface area contributed by atoms with E-state index in [1.54, 1.807) is 4.90 Å². The van der Waals surface area contributed by atoms with Crippen molar-refractivity contribution in [3.8, 4) is 0 Å². The van der Waals surface area contributed by atoms with Crippen molar-refractivity contribution in [3.05, 3.63) is 0 Å². The van der Waals surface area contributed by atoms with E-state index in [1.165, 1.54) is 0 Å². The molecule has 19 heavy (non-hydrogen) atoms. The maximum Gasteiger partial charge on any atom is 0.311 e. The fourth-order valence-corrected chi connectivity index (χ4v) is 2.47. The number of rotatable bonds is 8. The number of carbonyl (C=O) groups is 2. The first-order chi connectivity index (χ1) is 9.11. The molecule has 5 nitrogen and oxygen atoms in total. The molecule has 5 heteroatoms. The molecule has 110 valence electrons. The van der Waals surface area contributed by atoms with Crippen molar-refractivity contribution in [3.63, 3.8) is 0 Å². The van der Waals surface area contributed by atoms with Gasteiger partial charge in [0, 0.05) is 13.0 Å². The lowest BCUT2D eigenvalue weighted by atomic mass is 10.0. The van der Waals surface area contributed by atoms with E-state index in [9.17, 15) is 14.7 Å². The van der Waals surface area contributed by atoms with Gasteiger partial charge in [-0.1, -0.05) is 26.7 Å². The Bertz CT molecular complexity index is 306. The van der Waals surface area contributed by atoms with E-state index in [1.807, 2.05) is 6.92 Å². The van der Waals surface area contributed by atoms with Gasteiger partial charge in [0.05, 0.1) is 19.3 Å². The van der Waals surface area contributed by atoms with Crippen molar-refractivity contribution in [2.24, 2.45) is 5.92 Å². The van der Waals surface area contributed by atoms with Crippen molar-refractivity contribution in [1.29, 1.82) is 0 Å². The minimum absolute atomic E-state index is 0.0667. The molecule has 0 spiro atoms. The Labute approximate surface area is 114 Å². The summed E-state index contributed by atoms with van der Waals surface area (Å²) in [4.78, 5) is 25.1. The van der Waals surface area contributed by atoms with Gasteiger partial charge in [-0.05, 0) is 12.8 Å². The Balaban J connectivity index is 2.64. The van der Waals surface area contributed by atoms with Crippen LogP contribution in [0.15, 0.2) is 0 Å². The van der Waals surface area contributed by atoms with Gasteiger partial charge in [-0.3, -0.25) is 9.59 Å². The number of hydrogen-bond acceptors (Lipinski definition) is 3. The van der Waals surface area contributed by atoms with E-state index >= 15 is 0 Å². The highest BCUT2D eigenvalue weighted by molar-refractivity contribution is 5.78. The Kier molecular flexibility index (Phi) is 6.84. The number of carboxylic acid groups (broad SMARTS) is 1. The number of amides is 1. The molecule has 0 bridgehead atoms. The average Bonchev–Trinajstić information content (AvgIpc) is 2.85. The molecule has 2 atom stereocenters. The van der Waals surface area contributed by atoms with Gasteiger partial charge >= 0.3 is 5.97 Å². The Hall–Kier alpha value is -1.10. The molecule has 0 aromatic rings. The number of unbranched alkanes of at least 4 members (excludes halogenated alkanes) is 2. The molecule has 1 aliphatic rings. The molecule has 0 radical (unpaired) electrons. The summed E-state index contributed by atoms with van der Waals surface area (Å²) in [6, 6.07) is -0.299. The molecule has 1 fully saturated rings. The first-order valence-electron chi connectivity index (χ1n) is 7.21. The molecule has 1 saturated heterocycles. The maximum atomic E-state index is 12.2. The third-order valence-corrected chi connectivity index (χ3v) is 3.55. The first kappa shape index (κ1) is 16.0. The van der Waals surface area contributed by atoms with Crippen LogP contribution in [-0.4, -0.2) is 47.7 Å². The van der Waals surface area contributed by atoms with Gasteiger partial charge in [-0.15, -0.1) is 0 Å². The lowest BCUT2D eigenvalue weighted by molar-refractivity contribution is -0.145. The number of nitrogens with zero attached hydrogens (tertiary/aromatic N) is 1. The van der Waals surface area contributed by atoms with Crippen molar-refractivity contribution in [1.82, 2.24) is 4.90 Å². The smallest absolute Gasteiger partial charge is 0.311 e. The summed E-state index contributed by atoms with van der Waals surface area (Å²) in [5.41, 5.74) is 0. The lowest BCUT2D eigenvalue weighted by Crippen LogP contribution is -2.46. The van der Waals surface area contributed by atoms with Crippen molar-refractivity contribution < 1.29 is 19.4 Å². The highest BCUT2D eigenvalue weighted by atomic mass is 16.5. The van der Waals surface area contributed by atoms with Gasteiger partial charge in [0.25, 0.3) is 0 Å². The highest BCUT2D eigenvalue weighted by Crippen LogP contribution is 2.21. The molecule has 2 unspecified atom stereocenters. The fraction of sp³-hybridized carbons (Fsp3) is 0.857. The maximum absolute atomic E-state index is 12.2. The van der Waals surface area contributed by atoms with E-state index in [4.69, 9.17) is 4.74 Å². The van der Waals surface area contributed by atoms with Gasteiger partial charge in [0.15, 0.2) is 0 Å². The van der Waals surface area contributed by atoms with Crippen LogP contribution in [0.1, 0.15) is 46.0 Å². The Morgan fingerprint density at radius 2 is 1.95 bits per heavy atom. The monoisotopic (exact) mass is 271 g/mol. The van der Waals surface area contributed by atoms with Crippen LogP contribution >= 0.6 is 0 Å². The zero-order valence-corrected chi connectivity index (χ0v) is 11.9. The third-order valence-electron chi connectivity index (χ3n) is 3.55. The summed E-state index contributed by atoms with van der Waals surface area (Å²) in [6.45, 7) is 5.26. The topological polar surface area (TPSA) is 66.8 Å². The van der Waals surface area contributed by atoms with E-state index < -0.39 is 11.9 Å². The zero-order valence-electron chi connectivity index (χ0n) is 11.9. The molecule has 0 aromatic heterocycles. The van der Waals surface area contributed by atoms with Crippen LogP contribution in [0.25, 0.3) is 0 Å². The highest BCUT2D eigenvalue weighted by Gasteiger charge is 2.39. The van der Waals surface area contributed by atoms with Crippen LogP contribution in [0.3, 0.4) is 0 Å². The average molecular weight is 271 g/mol. The molecular weight excluding hydrogens is 246 g/mol. The van der Waals surface area contributed by atoms with Crippen molar-refractivity contribution >= 4 is 11.9 Å². The second kappa shape index (κ2) is 8.15. The normalized spacial score (nSPS) is 22.4. The number of hydrogen-bond donors (Lipinski definition) is 1. The van der Waals surface area contributed by atoms with Crippen molar-refractivity contribution in [2.45, 2.75) is 52.0 Å². The van der Waals surface area contributed by atoms with Crippen LogP contribution in [0.4, 0.5) is 0 Å². The van der Waals surface area contributed by atoms with Crippen LogP contribution in [0.5, 0.6) is 0 Å². The second-order valence-electron chi connectivity index (χ2n) is 5.09. The van der Waals surface area contributed by atoms with Crippen LogP contribution in [0.2, 0.25) is 0 Å². The quantitative estimate of drug-likeness (QED) is 0.685. The van der Waals surface area contributed by atoms with E-state index in [-0.39, 0.29) is 18.6 Å². The van der Waals surface area contributed by atoms with Crippen molar-refractivity contribution in [2.75, 3.05) is 19.8 Å². The number of aliphatic carboxylic acids is 1. The largest absolute Gasteiger partial charge is 0.481 e. The predicted octanol–water partition coefficient (Wildman–Crippen LogP) is 1.90. The molecule has 0 saturated carbocycles. The van der Waals surface area contributed by atoms with Crippen LogP contribution in [-0.2, 0) is 14.3 Å². The Morgan fingerprint density at radius 3 is 2.53 bits per heavy atom.